The third-order valence-corrected chi connectivity index (χ3v) is 2.10. The Morgan fingerprint density at radius 1 is 0.889 bits per heavy atom. The Bertz CT molecular complexity index is 373. The topological polar surface area (TPSA) is 51.2 Å². The summed E-state index contributed by atoms with van der Waals surface area (Å²) in [7, 11) is 0. The monoisotopic (exact) mass is 429 g/mol. The van der Waals surface area contributed by atoms with Crippen molar-refractivity contribution in [2.45, 2.75) is 33.6 Å². The molecule has 0 N–H and O–H groups in total. The summed E-state index contributed by atoms with van der Waals surface area (Å²) < 4.78 is 0. The molecule has 0 bridgehead atoms. The van der Waals surface area contributed by atoms with Crippen LogP contribution in [0.5, 0.6) is 0 Å². The van der Waals surface area contributed by atoms with Crippen LogP contribution in [0.25, 0.3) is 0 Å². The van der Waals surface area contributed by atoms with Crippen molar-refractivity contribution in [2.75, 3.05) is 0 Å². The predicted octanol–water partition coefficient (Wildman–Crippen LogP) is 2.37. The molecule has 0 aliphatic carbocycles. The summed E-state index contributed by atoms with van der Waals surface area (Å²) >= 11 is 0. The molecule has 0 radical (unpaired) electrons. The smallest absolute Gasteiger partial charge is 0.195 e. The summed E-state index contributed by atoms with van der Waals surface area (Å²) in [5.74, 6) is -0.501. The van der Waals surface area contributed by atoms with Gasteiger partial charge in [-0.3, -0.25) is 9.59 Å². The van der Waals surface area contributed by atoms with Gasteiger partial charge in [0.15, 0.2) is 11.6 Å². The van der Waals surface area contributed by atoms with E-state index in [9.17, 15) is 14.4 Å². The van der Waals surface area contributed by atoms with Gasteiger partial charge in [-0.15, -0.1) is 0 Å². The van der Waals surface area contributed by atoms with Crippen LogP contribution in [-0.2, 0) is 41.9 Å². The second-order valence-corrected chi connectivity index (χ2v) is 3.80. The maximum atomic E-state index is 10.6. The molecule has 102 valence electrons. The van der Waals surface area contributed by atoms with Crippen LogP contribution in [0.2, 0.25) is 0 Å². The molecule has 0 spiro atoms. The molecular formula is C14H18O3Pt. The molecule has 1 aromatic carbocycles. The molecule has 0 atom stereocenters. The Morgan fingerprint density at radius 2 is 1.33 bits per heavy atom. The molecule has 4 heteroatoms. The first-order valence-corrected chi connectivity index (χ1v) is 5.48. The van der Waals surface area contributed by atoms with Crippen molar-refractivity contribution < 1.29 is 35.4 Å². The van der Waals surface area contributed by atoms with Gasteiger partial charge in [0.25, 0.3) is 0 Å². The number of hydrogen-bond donors (Lipinski definition) is 0. The van der Waals surface area contributed by atoms with E-state index in [-0.39, 0.29) is 38.4 Å². The van der Waals surface area contributed by atoms with Gasteiger partial charge in [-0.05, 0) is 18.9 Å². The number of ketones is 3. The molecule has 18 heavy (non-hydrogen) atoms. The zero-order chi connectivity index (χ0) is 13.3. The maximum absolute atomic E-state index is 10.6. The fraction of sp³-hybridized carbons (Fsp3) is 0.357. The van der Waals surface area contributed by atoms with E-state index >= 15 is 0 Å². The number of carbonyl (C=O) groups is 3. The van der Waals surface area contributed by atoms with Crippen LogP contribution >= 0.6 is 0 Å². The largest absolute Gasteiger partial charge is 0.300 e. The fourth-order valence-electron chi connectivity index (χ4n) is 0.965. The van der Waals surface area contributed by atoms with Crippen molar-refractivity contribution >= 4 is 17.3 Å². The van der Waals surface area contributed by atoms with E-state index in [2.05, 4.69) is 0 Å². The zero-order valence-corrected chi connectivity index (χ0v) is 13.1. The molecule has 0 heterocycles. The van der Waals surface area contributed by atoms with Gasteiger partial charge in [0.1, 0.15) is 5.78 Å². The van der Waals surface area contributed by atoms with Crippen LogP contribution in [0.3, 0.4) is 0 Å². The van der Waals surface area contributed by atoms with E-state index in [1.807, 2.05) is 30.3 Å². The van der Waals surface area contributed by atoms with Crippen molar-refractivity contribution in [1.82, 2.24) is 0 Å². The minimum absolute atomic E-state index is 0. The average molecular weight is 429 g/mol. The second-order valence-electron chi connectivity index (χ2n) is 3.80. The number of rotatable bonds is 4. The molecule has 0 fully saturated rings. The summed E-state index contributed by atoms with van der Waals surface area (Å²) in [5.41, 5.74) is 1.24. The molecule has 0 aromatic heterocycles. The second kappa shape index (κ2) is 11.0. The standard InChI is InChI=1S/C10H12O.C4H6O2.Pt/c1-9(11)7-8-10-5-3-2-4-6-10;1-3(5)4(2)6;/h2-6H,7-8H2,1H3;1-2H3;. The minimum atomic E-state index is -0.380. The van der Waals surface area contributed by atoms with Crippen molar-refractivity contribution in [2.24, 2.45) is 0 Å². The molecule has 1 rings (SSSR count). The van der Waals surface area contributed by atoms with E-state index in [4.69, 9.17) is 0 Å². The van der Waals surface area contributed by atoms with Crippen molar-refractivity contribution in [1.29, 1.82) is 0 Å². The Hall–Kier alpha value is -1.08. The van der Waals surface area contributed by atoms with Crippen molar-refractivity contribution in [3.8, 4) is 0 Å². The van der Waals surface area contributed by atoms with Gasteiger partial charge in [0.05, 0.1) is 0 Å². The van der Waals surface area contributed by atoms with Crippen LogP contribution in [0, 0.1) is 0 Å². The Labute approximate surface area is 122 Å². The summed E-state index contributed by atoms with van der Waals surface area (Å²) in [4.78, 5) is 30.2. The van der Waals surface area contributed by atoms with Crippen LogP contribution < -0.4 is 0 Å². The molecule has 0 saturated heterocycles. The summed E-state index contributed by atoms with van der Waals surface area (Å²) in [6, 6.07) is 10.1. The van der Waals surface area contributed by atoms with Crippen LogP contribution in [0.4, 0.5) is 0 Å². The molecule has 0 aliphatic heterocycles. The Morgan fingerprint density at radius 3 is 1.67 bits per heavy atom. The van der Waals surface area contributed by atoms with Crippen molar-refractivity contribution in [3.05, 3.63) is 35.9 Å². The molecule has 0 amide bonds. The van der Waals surface area contributed by atoms with E-state index in [0.717, 1.165) is 6.42 Å². The zero-order valence-electron chi connectivity index (χ0n) is 10.8. The quantitative estimate of drug-likeness (QED) is 0.691. The van der Waals surface area contributed by atoms with Gasteiger partial charge in [-0.25, -0.2) is 0 Å². The summed E-state index contributed by atoms with van der Waals surface area (Å²) in [5, 5.41) is 0. The molecule has 1 aromatic rings. The van der Waals surface area contributed by atoms with Gasteiger partial charge in [-0.1, -0.05) is 30.3 Å². The third kappa shape index (κ3) is 11.4. The third-order valence-electron chi connectivity index (χ3n) is 2.10. The predicted molar refractivity (Wildman–Crippen MR) is 66.8 cm³/mol. The molecule has 0 saturated carbocycles. The Balaban J connectivity index is 0. The SMILES string of the molecule is CC(=O)C(C)=O.CC(=O)CCc1ccccc1.[Pt]. The number of hydrogen-bond acceptors (Lipinski definition) is 3. The normalized spacial score (nSPS) is 8.39. The van der Waals surface area contributed by atoms with Gasteiger partial charge in [0.2, 0.25) is 0 Å². The molecule has 3 nitrogen and oxygen atoms in total. The Kier molecular flexibility index (Phi) is 11.8. The van der Waals surface area contributed by atoms with E-state index in [0.29, 0.717) is 6.42 Å². The fourth-order valence-corrected chi connectivity index (χ4v) is 0.965. The van der Waals surface area contributed by atoms with Gasteiger partial charge in [0, 0.05) is 41.3 Å². The molecule has 0 unspecified atom stereocenters. The summed E-state index contributed by atoms with van der Waals surface area (Å²) in [6.45, 7) is 4.13. The number of benzene rings is 1. The van der Waals surface area contributed by atoms with Crippen LogP contribution in [0.15, 0.2) is 30.3 Å². The first-order chi connectivity index (χ1) is 7.93. The van der Waals surface area contributed by atoms with E-state index < -0.39 is 0 Å². The molecule has 0 aliphatic rings. The maximum Gasteiger partial charge on any atom is 0.195 e. The summed E-state index contributed by atoms with van der Waals surface area (Å²) in [6.07, 6.45) is 1.53. The average Bonchev–Trinajstić information content (AvgIpc) is 2.28. The van der Waals surface area contributed by atoms with E-state index in [1.165, 1.54) is 19.4 Å². The van der Waals surface area contributed by atoms with Gasteiger partial charge in [-0.2, -0.15) is 0 Å². The van der Waals surface area contributed by atoms with E-state index in [1.54, 1.807) is 6.92 Å². The first kappa shape index (κ1) is 19.3. The minimum Gasteiger partial charge on any atom is -0.300 e. The molecular weight excluding hydrogens is 411 g/mol. The number of carbonyl (C=O) groups excluding carboxylic acids is 3. The number of aryl methyl sites for hydroxylation is 1. The van der Waals surface area contributed by atoms with Gasteiger partial charge >= 0.3 is 0 Å². The van der Waals surface area contributed by atoms with Gasteiger partial charge < -0.3 is 4.79 Å². The number of Topliss-reactive ketones (excluding diaryl/α,β-unsaturated/α-hetero) is 3. The van der Waals surface area contributed by atoms with Crippen molar-refractivity contribution in [3.63, 3.8) is 0 Å². The first-order valence-electron chi connectivity index (χ1n) is 5.48. The van der Waals surface area contributed by atoms with Crippen LogP contribution in [0.1, 0.15) is 32.8 Å². The van der Waals surface area contributed by atoms with Crippen LogP contribution in [-0.4, -0.2) is 17.3 Å².